The molecule has 1 aromatic heterocycles. The Morgan fingerprint density at radius 1 is 1.18 bits per heavy atom. The first-order valence-corrected chi connectivity index (χ1v) is 6.76. The molecule has 0 spiro atoms. The number of thioether (sulfide) groups is 1. The average Bonchev–Trinajstić information content (AvgIpc) is 2.78. The van der Waals surface area contributed by atoms with Crippen molar-refractivity contribution < 1.29 is 4.42 Å². The van der Waals surface area contributed by atoms with Gasteiger partial charge in [0.25, 0.3) is 0 Å². The third-order valence-electron chi connectivity index (χ3n) is 2.59. The van der Waals surface area contributed by atoms with Crippen LogP contribution in [-0.4, -0.2) is 6.54 Å². The van der Waals surface area contributed by atoms with Gasteiger partial charge in [-0.25, -0.2) is 0 Å². The van der Waals surface area contributed by atoms with Gasteiger partial charge < -0.3 is 10.2 Å². The highest BCUT2D eigenvalue weighted by Crippen LogP contribution is 2.31. The van der Waals surface area contributed by atoms with Crippen LogP contribution >= 0.6 is 11.8 Å². The van der Waals surface area contributed by atoms with E-state index in [-0.39, 0.29) is 5.25 Å². The van der Waals surface area contributed by atoms with Crippen molar-refractivity contribution in [3.8, 4) is 0 Å². The van der Waals surface area contributed by atoms with E-state index in [0.29, 0.717) is 6.54 Å². The van der Waals surface area contributed by atoms with Gasteiger partial charge in [-0.3, -0.25) is 0 Å². The zero-order valence-corrected chi connectivity index (χ0v) is 10.7. The molecule has 0 bridgehead atoms. The summed E-state index contributed by atoms with van der Waals surface area (Å²) in [4.78, 5) is 0. The monoisotopic (exact) mass is 247 g/mol. The molecule has 1 aromatic carbocycles. The third-order valence-corrected chi connectivity index (χ3v) is 3.91. The number of rotatable bonds is 5. The minimum atomic E-state index is 0.240. The molecule has 1 heterocycles. The second-order valence-electron chi connectivity index (χ2n) is 3.97. The van der Waals surface area contributed by atoms with Crippen molar-refractivity contribution in [3.05, 3.63) is 59.5 Å². The number of hydrogen-bond donors (Lipinski definition) is 1. The van der Waals surface area contributed by atoms with Crippen LogP contribution < -0.4 is 5.73 Å². The summed E-state index contributed by atoms with van der Waals surface area (Å²) in [6, 6.07) is 14.4. The molecule has 1 atom stereocenters. The Morgan fingerprint density at radius 2 is 1.94 bits per heavy atom. The Kier molecular flexibility index (Phi) is 4.29. The van der Waals surface area contributed by atoms with Crippen LogP contribution in [0.25, 0.3) is 0 Å². The van der Waals surface area contributed by atoms with Crippen LogP contribution in [0.5, 0.6) is 0 Å². The number of benzene rings is 1. The lowest BCUT2D eigenvalue weighted by Crippen LogP contribution is -2.08. The smallest absolute Gasteiger partial charge is 0.118 e. The van der Waals surface area contributed by atoms with Crippen molar-refractivity contribution in [1.29, 1.82) is 0 Å². The molecule has 0 amide bonds. The molecule has 0 aliphatic heterocycles. The fourth-order valence-corrected chi connectivity index (χ4v) is 2.68. The quantitative estimate of drug-likeness (QED) is 0.878. The molecule has 0 saturated heterocycles. The molecular formula is C14H17NOS. The first-order chi connectivity index (χ1) is 8.29. The van der Waals surface area contributed by atoms with E-state index in [2.05, 4.69) is 24.3 Å². The predicted molar refractivity (Wildman–Crippen MR) is 73.0 cm³/mol. The van der Waals surface area contributed by atoms with E-state index in [1.54, 1.807) is 0 Å². The summed E-state index contributed by atoms with van der Waals surface area (Å²) in [5.74, 6) is 2.88. The van der Waals surface area contributed by atoms with Crippen LogP contribution in [0.3, 0.4) is 0 Å². The predicted octanol–water partition coefficient (Wildman–Crippen LogP) is 3.52. The molecule has 2 nitrogen and oxygen atoms in total. The molecule has 1 unspecified atom stereocenters. The normalized spacial score (nSPS) is 12.6. The maximum atomic E-state index is 5.80. The van der Waals surface area contributed by atoms with Crippen LogP contribution in [-0.2, 0) is 5.75 Å². The summed E-state index contributed by atoms with van der Waals surface area (Å²) in [5, 5.41) is 0.240. The summed E-state index contributed by atoms with van der Waals surface area (Å²) in [5.41, 5.74) is 7.12. The number of nitrogens with two attached hydrogens (primary N) is 1. The van der Waals surface area contributed by atoms with Gasteiger partial charge in [-0.05, 0) is 24.6 Å². The fraction of sp³-hybridized carbons (Fsp3) is 0.286. The van der Waals surface area contributed by atoms with E-state index in [4.69, 9.17) is 10.2 Å². The van der Waals surface area contributed by atoms with Crippen LogP contribution in [0.1, 0.15) is 22.3 Å². The number of furan rings is 1. The molecule has 0 radical (unpaired) electrons. The summed E-state index contributed by atoms with van der Waals surface area (Å²) >= 11 is 1.82. The first kappa shape index (κ1) is 12.3. The van der Waals surface area contributed by atoms with E-state index in [0.717, 1.165) is 17.3 Å². The average molecular weight is 247 g/mol. The molecule has 2 rings (SSSR count). The third kappa shape index (κ3) is 3.38. The molecule has 0 saturated carbocycles. The summed E-state index contributed by atoms with van der Waals surface area (Å²) in [6.45, 7) is 2.56. The molecule has 17 heavy (non-hydrogen) atoms. The SMILES string of the molecule is Cc1ccc(C(CN)SCc2ccccc2)o1. The highest BCUT2D eigenvalue weighted by Gasteiger charge is 2.13. The lowest BCUT2D eigenvalue weighted by Gasteiger charge is -2.11. The molecular weight excluding hydrogens is 230 g/mol. The molecule has 0 aliphatic rings. The van der Waals surface area contributed by atoms with Crippen LogP contribution in [0.15, 0.2) is 46.9 Å². The minimum absolute atomic E-state index is 0.240. The fourth-order valence-electron chi connectivity index (χ4n) is 1.66. The summed E-state index contributed by atoms with van der Waals surface area (Å²) in [6.07, 6.45) is 0. The second kappa shape index (κ2) is 5.94. The molecule has 90 valence electrons. The molecule has 0 fully saturated rings. The first-order valence-electron chi connectivity index (χ1n) is 5.71. The second-order valence-corrected chi connectivity index (χ2v) is 5.16. The van der Waals surface area contributed by atoms with Gasteiger partial charge in [-0.15, -0.1) is 11.8 Å². The van der Waals surface area contributed by atoms with E-state index in [1.165, 1.54) is 5.56 Å². The Balaban J connectivity index is 1.97. The van der Waals surface area contributed by atoms with Crippen molar-refractivity contribution in [2.24, 2.45) is 5.73 Å². The van der Waals surface area contributed by atoms with E-state index in [1.807, 2.05) is 36.9 Å². The Bertz CT molecular complexity index is 452. The van der Waals surface area contributed by atoms with E-state index < -0.39 is 0 Å². The van der Waals surface area contributed by atoms with Gasteiger partial charge in [-0.2, -0.15) is 0 Å². The van der Waals surface area contributed by atoms with Gasteiger partial charge in [0, 0.05) is 12.3 Å². The Hall–Kier alpha value is -1.19. The van der Waals surface area contributed by atoms with Crippen molar-refractivity contribution in [1.82, 2.24) is 0 Å². The van der Waals surface area contributed by atoms with Gasteiger partial charge in [0.15, 0.2) is 0 Å². The topological polar surface area (TPSA) is 39.2 Å². The summed E-state index contributed by atoms with van der Waals surface area (Å²) in [7, 11) is 0. The molecule has 0 aliphatic carbocycles. The van der Waals surface area contributed by atoms with Gasteiger partial charge in [0.1, 0.15) is 11.5 Å². The maximum absolute atomic E-state index is 5.80. The highest BCUT2D eigenvalue weighted by molar-refractivity contribution is 7.98. The van der Waals surface area contributed by atoms with Gasteiger partial charge in [0.05, 0.1) is 5.25 Å². The largest absolute Gasteiger partial charge is 0.465 e. The van der Waals surface area contributed by atoms with Crippen molar-refractivity contribution in [2.75, 3.05) is 6.54 Å². The number of aryl methyl sites for hydroxylation is 1. The van der Waals surface area contributed by atoms with Crippen LogP contribution in [0.2, 0.25) is 0 Å². The van der Waals surface area contributed by atoms with Crippen molar-refractivity contribution >= 4 is 11.8 Å². The van der Waals surface area contributed by atoms with Gasteiger partial charge in [0.2, 0.25) is 0 Å². The molecule has 3 heteroatoms. The zero-order valence-electron chi connectivity index (χ0n) is 9.93. The minimum Gasteiger partial charge on any atom is -0.465 e. The standard InChI is InChI=1S/C14H17NOS/c1-11-7-8-13(16-11)14(9-15)17-10-12-5-3-2-4-6-12/h2-8,14H,9-10,15H2,1H3. The lowest BCUT2D eigenvalue weighted by molar-refractivity contribution is 0.481. The lowest BCUT2D eigenvalue weighted by atomic mass is 10.2. The number of hydrogen-bond acceptors (Lipinski definition) is 3. The van der Waals surface area contributed by atoms with Gasteiger partial charge >= 0.3 is 0 Å². The van der Waals surface area contributed by atoms with Gasteiger partial charge in [-0.1, -0.05) is 30.3 Å². The maximum Gasteiger partial charge on any atom is 0.118 e. The molecule has 2 N–H and O–H groups in total. The van der Waals surface area contributed by atoms with Crippen LogP contribution in [0.4, 0.5) is 0 Å². The Labute approximate surface area is 106 Å². The zero-order chi connectivity index (χ0) is 12.1. The van der Waals surface area contributed by atoms with Crippen molar-refractivity contribution in [2.45, 2.75) is 17.9 Å². The van der Waals surface area contributed by atoms with E-state index in [9.17, 15) is 0 Å². The molecule has 2 aromatic rings. The van der Waals surface area contributed by atoms with E-state index >= 15 is 0 Å². The highest BCUT2D eigenvalue weighted by atomic mass is 32.2. The van der Waals surface area contributed by atoms with Crippen molar-refractivity contribution in [3.63, 3.8) is 0 Å². The summed E-state index contributed by atoms with van der Waals surface area (Å²) < 4.78 is 5.62. The Morgan fingerprint density at radius 3 is 2.53 bits per heavy atom. The van der Waals surface area contributed by atoms with Crippen LogP contribution in [0, 0.1) is 6.92 Å².